The first-order valence-electron chi connectivity index (χ1n) is 7.58. The average molecular weight is 298 g/mol. The van der Waals surface area contributed by atoms with E-state index >= 15 is 0 Å². The molecule has 0 spiro atoms. The standard InChI is InChI=1S/C19H22O3/c1-4-5-16-7-10-17(11-8-16)21-13-19(20)22-18-9-6-14(2)15(3)12-18/h6-12H,4-5,13H2,1-3H3. The van der Waals surface area contributed by atoms with Gasteiger partial charge in [-0.1, -0.05) is 31.5 Å². The second-order valence-corrected chi connectivity index (χ2v) is 5.40. The summed E-state index contributed by atoms with van der Waals surface area (Å²) in [5.74, 6) is 0.827. The van der Waals surface area contributed by atoms with Crippen molar-refractivity contribution >= 4 is 5.97 Å². The number of rotatable bonds is 6. The predicted octanol–water partition coefficient (Wildman–Crippen LogP) is 4.24. The van der Waals surface area contributed by atoms with Crippen LogP contribution in [0.1, 0.15) is 30.0 Å². The van der Waals surface area contributed by atoms with E-state index in [-0.39, 0.29) is 6.61 Å². The van der Waals surface area contributed by atoms with Crippen LogP contribution in [0, 0.1) is 13.8 Å². The van der Waals surface area contributed by atoms with Crippen molar-refractivity contribution in [3.63, 3.8) is 0 Å². The fraction of sp³-hybridized carbons (Fsp3) is 0.316. The first-order chi connectivity index (χ1) is 10.6. The molecule has 0 N–H and O–H groups in total. The molecule has 2 aromatic rings. The molecular weight excluding hydrogens is 276 g/mol. The number of ether oxygens (including phenoxy) is 2. The predicted molar refractivity (Wildman–Crippen MR) is 87.5 cm³/mol. The van der Waals surface area contributed by atoms with Crippen LogP contribution in [0.25, 0.3) is 0 Å². The maximum Gasteiger partial charge on any atom is 0.349 e. The van der Waals surface area contributed by atoms with Crippen LogP contribution in [0.5, 0.6) is 11.5 Å². The highest BCUT2D eigenvalue weighted by molar-refractivity contribution is 5.74. The molecule has 3 heteroatoms. The Morgan fingerprint density at radius 2 is 1.64 bits per heavy atom. The molecule has 0 fully saturated rings. The molecule has 2 rings (SSSR count). The van der Waals surface area contributed by atoms with Gasteiger partial charge in [-0.05, 0) is 61.2 Å². The minimum Gasteiger partial charge on any atom is -0.482 e. The highest BCUT2D eigenvalue weighted by Crippen LogP contribution is 2.17. The third kappa shape index (κ3) is 4.62. The Labute approximate surface area is 131 Å². The van der Waals surface area contributed by atoms with Gasteiger partial charge in [0.1, 0.15) is 11.5 Å². The molecule has 0 bridgehead atoms. The van der Waals surface area contributed by atoms with Crippen molar-refractivity contribution in [1.82, 2.24) is 0 Å². The molecule has 116 valence electrons. The summed E-state index contributed by atoms with van der Waals surface area (Å²) in [5.41, 5.74) is 3.54. The van der Waals surface area contributed by atoms with Gasteiger partial charge < -0.3 is 9.47 Å². The van der Waals surface area contributed by atoms with E-state index in [0.717, 1.165) is 18.4 Å². The SMILES string of the molecule is CCCc1ccc(OCC(=O)Oc2ccc(C)c(C)c2)cc1. The van der Waals surface area contributed by atoms with E-state index < -0.39 is 5.97 Å². The van der Waals surface area contributed by atoms with Crippen LogP contribution in [-0.4, -0.2) is 12.6 Å². The van der Waals surface area contributed by atoms with Crippen LogP contribution in [0.15, 0.2) is 42.5 Å². The number of esters is 1. The van der Waals surface area contributed by atoms with E-state index in [1.807, 2.05) is 50.2 Å². The molecule has 0 atom stereocenters. The van der Waals surface area contributed by atoms with Gasteiger partial charge in [-0.2, -0.15) is 0 Å². The van der Waals surface area contributed by atoms with Gasteiger partial charge in [-0.25, -0.2) is 4.79 Å². The topological polar surface area (TPSA) is 35.5 Å². The smallest absolute Gasteiger partial charge is 0.349 e. The average Bonchev–Trinajstić information content (AvgIpc) is 2.51. The van der Waals surface area contributed by atoms with Crippen LogP contribution in [-0.2, 0) is 11.2 Å². The largest absolute Gasteiger partial charge is 0.482 e. The van der Waals surface area contributed by atoms with Crippen molar-refractivity contribution in [1.29, 1.82) is 0 Å². The first-order valence-corrected chi connectivity index (χ1v) is 7.58. The summed E-state index contributed by atoms with van der Waals surface area (Å²) in [6.45, 7) is 6.06. The van der Waals surface area contributed by atoms with Crippen LogP contribution in [0.2, 0.25) is 0 Å². The molecule has 0 saturated carbocycles. The number of hydrogen-bond acceptors (Lipinski definition) is 3. The lowest BCUT2D eigenvalue weighted by Gasteiger charge is -2.08. The van der Waals surface area contributed by atoms with E-state index in [9.17, 15) is 4.79 Å². The summed E-state index contributed by atoms with van der Waals surface area (Å²) in [4.78, 5) is 11.8. The number of benzene rings is 2. The molecule has 0 aliphatic heterocycles. The van der Waals surface area contributed by atoms with Gasteiger partial charge >= 0.3 is 5.97 Å². The molecule has 0 heterocycles. The fourth-order valence-corrected chi connectivity index (χ4v) is 2.12. The van der Waals surface area contributed by atoms with Crippen LogP contribution >= 0.6 is 0 Å². The zero-order valence-electron chi connectivity index (χ0n) is 13.4. The molecular formula is C19H22O3. The maximum absolute atomic E-state index is 11.8. The molecule has 0 aromatic heterocycles. The molecule has 2 aromatic carbocycles. The van der Waals surface area contributed by atoms with E-state index in [0.29, 0.717) is 11.5 Å². The van der Waals surface area contributed by atoms with Crippen LogP contribution in [0.3, 0.4) is 0 Å². The summed E-state index contributed by atoms with van der Waals surface area (Å²) in [5, 5.41) is 0. The zero-order chi connectivity index (χ0) is 15.9. The second kappa shape index (κ2) is 7.64. The Morgan fingerprint density at radius 1 is 0.955 bits per heavy atom. The van der Waals surface area contributed by atoms with E-state index in [1.165, 1.54) is 11.1 Å². The van der Waals surface area contributed by atoms with Crippen molar-refractivity contribution < 1.29 is 14.3 Å². The molecule has 0 radical (unpaired) electrons. The molecule has 3 nitrogen and oxygen atoms in total. The summed E-state index contributed by atoms with van der Waals surface area (Å²) in [7, 11) is 0. The second-order valence-electron chi connectivity index (χ2n) is 5.40. The van der Waals surface area contributed by atoms with Crippen molar-refractivity contribution in [3.05, 3.63) is 59.2 Å². The van der Waals surface area contributed by atoms with Crippen LogP contribution < -0.4 is 9.47 Å². The lowest BCUT2D eigenvalue weighted by molar-refractivity contribution is -0.136. The Balaban J connectivity index is 1.85. The third-order valence-electron chi connectivity index (χ3n) is 3.53. The van der Waals surface area contributed by atoms with Gasteiger partial charge in [0.15, 0.2) is 6.61 Å². The van der Waals surface area contributed by atoms with Gasteiger partial charge in [0.25, 0.3) is 0 Å². The van der Waals surface area contributed by atoms with Gasteiger partial charge in [0.2, 0.25) is 0 Å². The van der Waals surface area contributed by atoms with Gasteiger partial charge in [0.05, 0.1) is 0 Å². The Hall–Kier alpha value is -2.29. The maximum atomic E-state index is 11.8. The number of hydrogen-bond donors (Lipinski definition) is 0. The molecule has 0 aliphatic carbocycles. The molecule has 0 amide bonds. The van der Waals surface area contributed by atoms with Crippen molar-refractivity contribution in [3.8, 4) is 11.5 Å². The third-order valence-corrected chi connectivity index (χ3v) is 3.53. The van der Waals surface area contributed by atoms with Crippen molar-refractivity contribution in [2.45, 2.75) is 33.6 Å². The first kappa shape index (κ1) is 16.1. The minimum atomic E-state index is -0.402. The normalized spacial score (nSPS) is 10.3. The number of carbonyl (C=O) groups excluding carboxylic acids is 1. The van der Waals surface area contributed by atoms with E-state index in [1.54, 1.807) is 6.07 Å². The van der Waals surface area contributed by atoms with E-state index in [4.69, 9.17) is 9.47 Å². The Morgan fingerprint density at radius 3 is 2.27 bits per heavy atom. The number of aryl methyl sites for hydroxylation is 3. The van der Waals surface area contributed by atoms with Gasteiger partial charge in [-0.3, -0.25) is 0 Å². The lowest BCUT2D eigenvalue weighted by Crippen LogP contribution is -2.17. The summed E-state index contributed by atoms with van der Waals surface area (Å²) >= 11 is 0. The van der Waals surface area contributed by atoms with E-state index in [2.05, 4.69) is 6.92 Å². The highest BCUT2D eigenvalue weighted by Gasteiger charge is 2.07. The lowest BCUT2D eigenvalue weighted by atomic mass is 10.1. The summed E-state index contributed by atoms with van der Waals surface area (Å²) in [6.07, 6.45) is 2.16. The van der Waals surface area contributed by atoms with Gasteiger partial charge in [-0.15, -0.1) is 0 Å². The summed E-state index contributed by atoms with van der Waals surface area (Å²) in [6, 6.07) is 13.4. The quantitative estimate of drug-likeness (QED) is 0.591. The Bertz CT molecular complexity index is 630. The fourth-order valence-electron chi connectivity index (χ4n) is 2.12. The van der Waals surface area contributed by atoms with Crippen molar-refractivity contribution in [2.24, 2.45) is 0 Å². The van der Waals surface area contributed by atoms with Crippen molar-refractivity contribution in [2.75, 3.05) is 6.61 Å². The van der Waals surface area contributed by atoms with Gasteiger partial charge in [0, 0.05) is 0 Å². The monoisotopic (exact) mass is 298 g/mol. The summed E-state index contributed by atoms with van der Waals surface area (Å²) < 4.78 is 10.7. The molecule has 0 aliphatic rings. The molecule has 0 unspecified atom stereocenters. The number of carbonyl (C=O) groups is 1. The van der Waals surface area contributed by atoms with Crippen LogP contribution in [0.4, 0.5) is 0 Å². The molecule has 0 saturated heterocycles. The zero-order valence-corrected chi connectivity index (χ0v) is 13.4. The minimum absolute atomic E-state index is 0.0972. The molecule has 22 heavy (non-hydrogen) atoms. The highest BCUT2D eigenvalue weighted by atomic mass is 16.6. The Kier molecular flexibility index (Phi) is 5.59.